The number of esters is 1. The highest BCUT2D eigenvalue weighted by molar-refractivity contribution is 7.99. The van der Waals surface area contributed by atoms with Gasteiger partial charge in [0, 0.05) is 5.25 Å². The molecule has 2 atom stereocenters. The third-order valence-corrected chi connectivity index (χ3v) is 2.87. The molecule has 0 aromatic heterocycles. The Labute approximate surface area is 89.2 Å². The molecule has 0 aliphatic heterocycles. The number of thioether (sulfide) groups is 1. The first-order chi connectivity index (χ1) is 6.61. The number of ether oxygens (including phenoxy) is 1. The van der Waals surface area contributed by atoms with Crippen LogP contribution in [0.4, 0.5) is 0 Å². The van der Waals surface area contributed by atoms with E-state index >= 15 is 0 Å². The van der Waals surface area contributed by atoms with Crippen molar-refractivity contribution < 1.29 is 14.6 Å². The fourth-order valence-corrected chi connectivity index (χ4v) is 1.71. The van der Waals surface area contributed by atoms with Crippen LogP contribution in [0.1, 0.15) is 20.3 Å². The number of aliphatic hydroxyl groups is 1. The lowest BCUT2D eigenvalue weighted by molar-refractivity contribution is -0.144. The smallest absolute Gasteiger partial charge is 0.322 e. The molecule has 0 amide bonds. The van der Waals surface area contributed by atoms with E-state index in [1.165, 1.54) is 0 Å². The molecule has 0 saturated carbocycles. The van der Waals surface area contributed by atoms with Gasteiger partial charge in [-0.25, -0.2) is 0 Å². The minimum Gasteiger partial charge on any atom is -0.465 e. The van der Waals surface area contributed by atoms with Crippen molar-refractivity contribution in [1.29, 1.82) is 0 Å². The molecule has 0 saturated heterocycles. The number of hydrogen-bond acceptors (Lipinski definition) is 5. The van der Waals surface area contributed by atoms with Crippen molar-refractivity contribution in [2.45, 2.75) is 31.6 Å². The molecule has 4 nitrogen and oxygen atoms in total. The second-order valence-electron chi connectivity index (χ2n) is 3.01. The fraction of sp³-hybridized carbons (Fsp3) is 0.889. The van der Waals surface area contributed by atoms with Crippen LogP contribution < -0.4 is 5.73 Å². The Bertz CT molecular complexity index is 166. The first kappa shape index (κ1) is 13.7. The van der Waals surface area contributed by atoms with E-state index < -0.39 is 6.04 Å². The van der Waals surface area contributed by atoms with E-state index in [9.17, 15) is 4.79 Å². The SMILES string of the molecule is CCOC(=O)C(N)CCSC(C)CO. The van der Waals surface area contributed by atoms with Gasteiger partial charge in [0.05, 0.1) is 13.2 Å². The van der Waals surface area contributed by atoms with Gasteiger partial charge in [0.2, 0.25) is 0 Å². The maximum atomic E-state index is 11.1. The zero-order valence-electron chi connectivity index (χ0n) is 8.73. The van der Waals surface area contributed by atoms with E-state index in [0.29, 0.717) is 13.0 Å². The molecule has 0 aliphatic carbocycles. The Morgan fingerprint density at radius 3 is 2.79 bits per heavy atom. The van der Waals surface area contributed by atoms with E-state index in [2.05, 4.69) is 0 Å². The Morgan fingerprint density at radius 1 is 1.64 bits per heavy atom. The minimum atomic E-state index is -0.534. The van der Waals surface area contributed by atoms with Crippen molar-refractivity contribution in [1.82, 2.24) is 0 Å². The largest absolute Gasteiger partial charge is 0.465 e. The van der Waals surface area contributed by atoms with Crippen LogP contribution >= 0.6 is 11.8 Å². The molecule has 0 fully saturated rings. The normalized spacial score (nSPS) is 14.9. The summed E-state index contributed by atoms with van der Waals surface area (Å²) in [5, 5.41) is 8.95. The summed E-state index contributed by atoms with van der Waals surface area (Å²) in [6.07, 6.45) is 0.591. The predicted molar refractivity (Wildman–Crippen MR) is 58.2 cm³/mol. The van der Waals surface area contributed by atoms with Crippen LogP contribution in [0.3, 0.4) is 0 Å². The van der Waals surface area contributed by atoms with E-state index in [0.717, 1.165) is 5.75 Å². The minimum absolute atomic E-state index is 0.152. The Kier molecular flexibility index (Phi) is 7.93. The summed E-state index contributed by atoms with van der Waals surface area (Å²) in [4.78, 5) is 11.1. The summed E-state index contributed by atoms with van der Waals surface area (Å²) in [5.41, 5.74) is 5.58. The number of hydrogen-bond donors (Lipinski definition) is 2. The van der Waals surface area contributed by atoms with Crippen molar-refractivity contribution in [3.8, 4) is 0 Å². The van der Waals surface area contributed by atoms with Gasteiger partial charge < -0.3 is 15.6 Å². The van der Waals surface area contributed by atoms with Crippen LogP contribution in [-0.2, 0) is 9.53 Å². The molecule has 14 heavy (non-hydrogen) atoms. The third-order valence-electron chi connectivity index (χ3n) is 1.68. The number of carbonyl (C=O) groups is 1. The first-order valence-corrected chi connectivity index (χ1v) is 5.81. The lowest BCUT2D eigenvalue weighted by Gasteiger charge is -2.11. The molecule has 0 spiro atoms. The number of nitrogens with two attached hydrogens (primary N) is 1. The second kappa shape index (κ2) is 8.08. The van der Waals surface area contributed by atoms with Crippen LogP contribution in [0.15, 0.2) is 0 Å². The second-order valence-corrected chi connectivity index (χ2v) is 4.56. The topological polar surface area (TPSA) is 72.5 Å². The molecule has 3 N–H and O–H groups in total. The molecule has 5 heteroatoms. The molecule has 0 bridgehead atoms. The molecular weight excluding hydrogens is 202 g/mol. The van der Waals surface area contributed by atoms with Crippen molar-refractivity contribution in [2.75, 3.05) is 19.0 Å². The summed E-state index contributed by atoms with van der Waals surface area (Å²) < 4.78 is 4.76. The quantitative estimate of drug-likeness (QED) is 0.608. The van der Waals surface area contributed by atoms with Crippen molar-refractivity contribution in [2.24, 2.45) is 5.73 Å². The average molecular weight is 221 g/mol. The molecule has 2 unspecified atom stereocenters. The van der Waals surface area contributed by atoms with Gasteiger partial charge in [0.1, 0.15) is 6.04 Å². The monoisotopic (exact) mass is 221 g/mol. The van der Waals surface area contributed by atoms with Crippen LogP contribution in [0, 0.1) is 0 Å². The maximum Gasteiger partial charge on any atom is 0.322 e. The number of carbonyl (C=O) groups excluding carboxylic acids is 1. The van der Waals surface area contributed by atoms with Gasteiger partial charge in [-0.15, -0.1) is 0 Å². The van der Waals surface area contributed by atoms with Gasteiger partial charge in [0.15, 0.2) is 0 Å². The maximum absolute atomic E-state index is 11.1. The predicted octanol–water partition coefficient (Wildman–Crippen LogP) is 0.381. The molecule has 0 radical (unpaired) electrons. The van der Waals surface area contributed by atoms with E-state index in [4.69, 9.17) is 15.6 Å². The number of rotatable bonds is 7. The Balaban J connectivity index is 3.52. The average Bonchev–Trinajstić information content (AvgIpc) is 2.17. The van der Waals surface area contributed by atoms with Gasteiger partial charge in [0.25, 0.3) is 0 Å². The fourth-order valence-electron chi connectivity index (χ4n) is 0.816. The lowest BCUT2D eigenvalue weighted by Crippen LogP contribution is -2.33. The van der Waals surface area contributed by atoms with Crippen LogP contribution in [-0.4, -0.2) is 41.3 Å². The summed E-state index contributed by atoms with van der Waals surface area (Å²) >= 11 is 1.60. The Hall–Kier alpha value is -0.260. The third kappa shape index (κ3) is 6.23. The first-order valence-electron chi connectivity index (χ1n) is 4.76. The van der Waals surface area contributed by atoms with E-state index in [-0.39, 0.29) is 17.8 Å². The standard InChI is InChI=1S/C9H19NO3S/c1-3-13-9(12)8(10)4-5-14-7(2)6-11/h7-8,11H,3-6,10H2,1-2H3. The summed E-state index contributed by atoms with van der Waals surface area (Å²) in [5.74, 6) is 0.423. The molecule has 0 rings (SSSR count). The molecule has 0 aromatic carbocycles. The number of aliphatic hydroxyl groups excluding tert-OH is 1. The Morgan fingerprint density at radius 2 is 2.29 bits per heavy atom. The van der Waals surface area contributed by atoms with Crippen LogP contribution in [0.2, 0.25) is 0 Å². The van der Waals surface area contributed by atoms with Crippen LogP contribution in [0.5, 0.6) is 0 Å². The molecule has 0 aromatic rings. The highest BCUT2D eigenvalue weighted by Gasteiger charge is 2.14. The molecule has 0 aliphatic rings. The summed E-state index contributed by atoms with van der Waals surface area (Å²) in [6, 6.07) is -0.534. The van der Waals surface area contributed by atoms with Gasteiger partial charge in [-0.05, 0) is 19.1 Å². The van der Waals surface area contributed by atoms with E-state index in [1.54, 1.807) is 18.7 Å². The molecule has 84 valence electrons. The summed E-state index contributed by atoms with van der Waals surface area (Å²) in [6.45, 7) is 4.21. The zero-order valence-corrected chi connectivity index (χ0v) is 9.55. The van der Waals surface area contributed by atoms with Crippen molar-refractivity contribution in [3.63, 3.8) is 0 Å². The van der Waals surface area contributed by atoms with Gasteiger partial charge in [-0.2, -0.15) is 11.8 Å². The summed E-state index contributed by atoms with van der Waals surface area (Å²) in [7, 11) is 0. The zero-order chi connectivity index (χ0) is 11.0. The van der Waals surface area contributed by atoms with Gasteiger partial charge in [-0.3, -0.25) is 4.79 Å². The van der Waals surface area contributed by atoms with Gasteiger partial charge in [-0.1, -0.05) is 6.92 Å². The lowest BCUT2D eigenvalue weighted by atomic mass is 10.2. The molecular formula is C9H19NO3S. The van der Waals surface area contributed by atoms with E-state index in [1.807, 2.05) is 6.92 Å². The van der Waals surface area contributed by atoms with Crippen molar-refractivity contribution >= 4 is 17.7 Å². The van der Waals surface area contributed by atoms with Gasteiger partial charge >= 0.3 is 5.97 Å². The van der Waals surface area contributed by atoms with Crippen molar-refractivity contribution in [3.05, 3.63) is 0 Å². The highest BCUT2D eigenvalue weighted by atomic mass is 32.2. The van der Waals surface area contributed by atoms with Crippen LogP contribution in [0.25, 0.3) is 0 Å². The molecule has 0 heterocycles. The highest BCUT2D eigenvalue weighted by Crippen LogP contribution is 2.11.